The van der Waals surface area contributed by atoms with Gasteiger partial charge in [-0.05, 0) is 168 Å². The highest BCUT2D eigenvalue weighted by molar-refractivity contribution is 6.22. The standard InChI is InChI=1S/C69H52/c1-67(2)59-21-13-11-17-49(59)51-32-29-46(39-62(51)67)64-53-19-9-10-20-54(53)65(47-30-33-52-50-18-12-14-22-60(50)68(3,4)63(52)40-47)58-38-44(28-34-55(58)64)41-23-25-42(26-24-41)45-31-36-61-57(37-45)56-35-27-43-15-7-8-16-48(43)66(56)69(61,5)6/h7-40H,1-6H3. The van der Waals surface area contributed by atoms with Crippen molar-refractivity contribution in [1.82, 2.24) is 0 Å². The van der Waals surface area contributed by atoms with Crippen LogP contribution in [0.15, 0.2) is 206 Å². The Morgan fingerprint density at radius 1 is 0.232 bits per heavy atom. The van der Waals surface area contributed by atoms with Gasteiger partial charge >= 0.3 is 0 Å². The zero-order valence-electron chi connectivity index (χ0n) is 40.1. The zero-order valence-corrected chi connectivity index (χ0v) is 40.1. The first-order chi connectivity index (χ1) is 33.5. The fourth-order valence-electron chi connectivity index (χ4n) is 13.4. The molecule has 0 heteroatoms. The Labute approximate surface area is 405 Å². The summed E-state index contributed by atoms with van der Waals surface area (Å²) in [6.45, 7) is 14.3. The third-order valence-electron chi connectivity index (χ3n) is 16.9. The first-order valence-electron chi connectivity index (χ1n) is 24.7. The lowest BCUT2D eigenvalue weighted by Gasteiger charge is -2.24. The molecule has 0 radical (unpaired) electrons. The molecule has 0 aliphatic heterocycles. The van der Waals surface area contributed by atoms with E-state index in [-0.39, 0.29) is 16.2 Å². The van der Waals surface area contributed by atoms with Gasteiger partial charge in [0.1, 0.15) is 0 Å². The van der Waals surface area contributed by atoms with Crippen molar-refractivity contribution in [2.45, 2.75) is 57.8 Å². The summed E-state index contributed by atoms with van der Waals surface area (Å²) in [7, 11) is 0. The van der Waals surface area contributed by atoms with Crippen LogP contribution in [-0.2, 0) is 16.2 Å². The van der Waals surface area contributed by atoms with E-state index in [0.29, 0.717) is 0 Å². The molecule has 0 amide bonds. The van der Waals surface area contributed by atoms with E-state index in [2.05, 4.69) is 248 Å². The van der Waals surface area contributed by atoms with Gasteiger partial charge in [0.2, 0.25) is 0 Å². The molecular weight excluding hydrogens is 829 g/mol. The van der Waals surface area contributed by atoms with Crippen molar-refractivity contribution >= 4 is 32.3 Å². The quantitative estimate of drug-likeness (QED) is 0.155. The minimum atomic E-state index is -0.109. The first kappa shape index (κ1) is 40.3. The van der Waals surface area contributed by atoms with Crippen LogP contribution in [0.3, 0.4) is 0 Å². The summed E-state index contributed by atoms with van der Waals surface area (Å²) in [5.74, 6) is 0. The number of rotatable bonds is 4. The fraction of sp³-hybridized carbons (Fsp3) is 0.130. The smallest absolute Gasteiger partial charge is 0.0165 e. The third kappa shape index (κ3) is 5.58. The molecule has 328 valence electrons. The fourth-order valence-corrected chi connectivity index (χ4v) is 13.4. The summed E-state index contributed by atoms with van der Waals surface area (Å²) >= 11 is 0. The van der Waals surface area contributed by atoms with Crippen LogP contribution in [0.2, 0.25) is 0 Å². The lowest BCUT2D eigenvalue weighted by Crippen LogP contribution is -2.15. The molecule has 69 heavy (non-hydrogen) atoms. The highest BCUT2D eigenvalue weighted by atomic mass is 14.4. The normalized spacial score (nSPS) is 15.2. The molecule has 0 saturated heterocycles. The molecule has 0 saturated carbocycles. The van der Waals surface area contributed by atoms with Gasteiger partial charge in [-0.1, -0.05) is 224 Å². The average Bonchev–Trinajstić information content (AvgIpc) is 3.86. The third-order valence-corrected chi connectivity index (χ3v) is 16.9. The van der Waals surface area contributed by atoms with Gasteiger partial charge in [0.05, 0.1) is 0 Å². The monoisotopic (exact) mass is 880 g/mol. The van der Waals surface area contributed by atoms with Crippen molar-refractivity contribution in [2.24, 2.45) is 0 Å². The lowest BCUT2D eigenvalue weighted by molar-refractivity contribution is 0.660. The van der Waals surface area contributed by atoms with Crippen LogP contribution >= 0.6 is 0 Å². The molecule has 0 aromatic heterocycles. The van der Waals surface area contributed by atoms with Crippen LogP contribution in [-0.4, -0.2) is 0 Å². The molecule has 3 aliphatic rings. The maximum absolute atomic E-state index is 2.51. The molecule has 0 nitrogen and oxygen atoms in total. The Balaban J connectivity index is 0.939. The highest BCUT2D eigenvalue weighted by Crippen LogP contribution is 2.55. The minimum absolute atomic E-state index is 0.0714. The van der Waals surface area contributed by atoms with Gasteiger partial charge in [-0.15, -0.1) is 0 Å². The van der Waals surface area contributed by atoms with E-state index in [9.17, 15) is 0 Å². The van der Waals surface area contributed by atoms with Crippen molar-refractivity contribution < 1.29 is 0 Å². The van der Waals surface area contributed by atoms with Crippen molar-refractivity contribution in [2.75, 3.05) is 0 Å². The molecule has 0 bridgehead atoms. The lowest BCUT2D eigenvalue weighted by atomic mass is 9.79. The summed E-state index contributed by atoms with van der Waals surface area (Å²) < 4.78 is 0. The van der Waals surface area contributed by atoms with Gasteiger partial charge in [0.15, 0.2) is 0 Å². The summed E-state index contributed by atoms with van der Waals surface area (Å²) in [6.07, 6.45) is 0. The predicted octanol–water partition coefficient (Wildman–Crippen LogP) is 18.7. The number of fused-ring (bicyclic) bond motifs is 13. The van der Waals surface area contributed by atoms with Gasteiger partial charge in [-0.2, -0.15) is 0 Å². The second kappa shape index (κ2) is 14.1. The predicted molar refractivity (Wildman–Crippen MR) is 293 cm³/mol. The van der Waals surface area contributed by atoms with E-state index in [1.165, 1.54) is 144 Å². The van der Waals surface area contributed by atoms with Gasteiger partial charge in [0, 0.05) is 16.2 Å². The Hall–Kier alpha value is -7.80. The number of hydrogen-bond donors (Lipinski definition) is 0. The molecule has 0 N–H and O–H groups in total. The topological polar surface area (TPSA) is 0 Å². The number of hydrogen-bond acceptors (Lipinski definition) is 0. The minimum Gasteiger partial charge on any atom is -0.0619 e. The summed E-state index contributed by atoms with van der Waals surface area (Å²) in [4.78, 5) is 0. The van der Waals surface area contributed by atoms with E-state index >= 15 is 0 Å². The Bertz CT molecular complexity index is 4020. The van der Waals surface area contributed by atoms with Gasteiger partial charge in [-0.3, -0.25) is 0 Å². The SMILES string of the molecule is CC1(C)c2ccccc2-c2ccc(-c3c4ccccc4c(-c4ccc5c(c4)C(C)(C)c4ccccc4-5)c4cc(-c5ccc(-c6ccc7c(c6)-c6ccc8ccccc8c6C7(C)C)cc5)ccc34)cc21. The second-order valence-corrected chi connectivity index (χ2v) is 21.6. The van der Waals surface area contributed by atoms with Crippen molar-refractivity contribution in [3.63, 3.8) is 0 Å². The molecule has 3 aliphatic carbocycles. The van der Waals surface area contributed by atoms with E-state index in [1.807, 2.05) is 0 Å². The zero-order chi connectivity index (χ0) is 46.6. The average molecular weight is 881 g/mol. The molecule has 14 rings (SSSR count). The maximum Gasteiger partial charge on any atom is 0.0165 e. The van der Waals surface area contributed by atoms with Crippen LogP contribution in [0.1, 0.15) is 74.9 Å². The van der Waals surface area contributed by atoms with Crippen molar-refractivity contribution in [3.8, 4) is 77.9 Å². The van der Waals surface area contributed by atoms with Crippen molar-refractivity contribution in [3.05, 3.63) is 240 Å². The molecular formula is C69H52. The molecule has 0 unspecified atom stereocenters. The molecule has 11 aromatic rings. The Morgan fingerprint density at radius 3 is 1.26 bits per heavy atom. The van der Waals surface area contributed by atoms with Gasteiger partial charge in [0.25, 0.3) is 0 Å². The van der Waals surface area contributed by atoms with E-state index < -0.39 is 0 Å². The van der Waals surface area contributed by atoms with E-state index in [0.717, 1.165) is 0 Å². The summed E-state index contributed by atoms with van der Waals surface area (Å²) in [6, 6.07) is 78.7. The molecule has 0 heterocycles. The first-order valence-corrected chi connectivity index (χ1v) is 24.7. The summed E-state index contributed by atoms with van der Waals surface area (Å²) in [5, 5.41) is 7.76. The molecule has 0 atom stereocenters. The molecule has 0 spiro atoms. The summed E-state index contributed by atoms with van der Waals surface area (Å²) in [5.41, 5.74) is 26.3. The Kier molecular flexibility index (Phi) is 8.25. The van der Waals surface area contributed by atoms with Crippen LogP contribution in [0.5, 0.6) is 0 Å². The van der Waals surface area contributed by atoms with Crippen LogP contribution in [0, 0.1) is 0 Å². The highest BCUT2D eigenvalue weighted by Gasteiger charge is 2.39. The van der Waals surface area contributed by atoms with Crippen LogP contribution < -0.4 is 0 Å². The largest absolute Gasteiger partial charge is 0.0619 e. The van der Waals surface area contributed by atoms with Crippen LogP contribution in [0.25, 0.3) is 110 Å². The number of benzene rings is 11. The van der Waals surface area contributed by atoms with Gasteiger partial charge < -0.3 is 0 Å². The second-order valence-electron chi connectivity index (χ2n) is 21.6. The van der Waals surface area contributed by atoms with E-state index in [4.69, 9.17) is 0 Å². The van der Waals surface area contributed by atoms with Crippen LogP contribution in [0.4, 0.5) is 0 Å². The van der Waals surface area contributed by atoms with Crippen molar-refractivity contribution in [1.29, 1.82) is 0 Å². The van der Waals surface area contributed by atoms with E-state index in [1.54, 1.807) is 0 Å². The Morgan fingerprint density at radius 2 is 0.652 bits per heavy atom. The van der Waals surface area contributed by atoms with Gasteiger partial charge in [-0.25, -0.2) is 0 Å². The maximum atomic E-state index is 2.51. The molecule has 0 fully saturated rings. The molecule has 11 aromatic carbocycles.